The van der Waals surface area contributed by atoms with Crippen LogP contribution < -0.4 is 14.8 Å². The molecular weight excluding hydrogens is 254 g/mol. The minimum absolute atomic E-state index is 0.0120. The fraction of sp³-hybridized carbons (Fsp3) is 0.375. The summed E-state index contributed by atoms with van der Waals surface area (Å²) < 4.78 is 17.6. The predicted molar refractivity (Wildman–Crippen MR) is 76.2 cm³/mol. The van der Waals surface area contributed by atoms with Crippen LogP contribution in [0, 0.1) is 6.92 Å². The van der Waals surface area contributed by atoms with Crippen molar-refractivity contribution in [2.45, 2.75) is 26.0 Å². The third-order valence-electron chi connectivity index (χ3n) is 3.39. The van der Waals surface area contributed by atoms with Gasteiger partial charge in [0.2, 0.25) is 0 Å². The van der Waals surface area contributed by atoms with Crippen LogP contribution in [0.3, 0.4) is 0 Å². The van der Waals surface area contributed by atoms with E-state index in [1.165, 1.54) is 0 Å². The molecule has 0 spiro atoms. The SMILES string of the molecule is CCNC(c1ccc(C)o1)C1COc2ccccc2O1. The van der Waals surface area contributed by atoms with Crippen molar-refractivity contribution in [1.82, 2.24) is 5.32 Å². The zero-order valence-corrected chi connectivity index (χ0v) is 11.8. The summed E-state index contributed by atoms with van der Waals surface area (Å²) in [6.07, 6.45) is -0.101. The molecule has 1 aromatic heterocycles. The van der Waals surface area contributed by atoms with Crippen LogP contribution in [-0.4, -0.2) is 19.3 Å². The Morgan fingerprint density at radius 3 is 2.70 bits per heavy atom. The van der Waals surface area contributed by atoms with E-state index in [1.807, 2.05) is 43.3 Å². The summed E-state index contributed by atoms with van der Waals surface area (Å²) in [5.74, 6) is 3.38. The molecule has 0 aliphatic carbocycles. The Bertz CT molecular complexity index is 579. The van der Waals surface area contributed by atoms with E-state index in [2.05, 4.69) is 12.2 Å². The molecule has 2 aromatic rings. The van der Waals surface area contributed by atoms with Crippen molar-refractivity contribution in [2.75, 3.05) is 13.2 Å². The molecule has 1 aliphatic rings. The highest BCUT2D eigenvalue weighted by Crippen LogP contribution is 2.34. The lowest BCUT2D eigenvalue weighted by atomic mass is 10.1. The van der Waals surface area contributed by atoms with Crippen molar-refractivity contribution < 1.29 is 13.9 Å². The Hall–Kier alpha value is -1.94. The number of nitrogens with one attached hydrogen (secondary N) is 1. The minimum atomic E-state index is -0.101. The highest BCUT2D eigenvalue weighted by atomic mass is 16.6. The second kappa shape index (κ2) is 5.59. The number of furan rings is 1. The second-order valence-electron chi connectivity index (χ2n) is 4.90. The summed E-state index contributed by atoms with van der Waals surface area (Å²) in [5, 5.41) is 3.41. The van der Waals surface area contributed by atoms with Crippen LogP contribution in [0.4, 0.5) is 0 Å². The number of likely N-dealkylation sites (N-methyl/N-ethyl adjacent to an activating group) is 1. The Morgan fingerprint density at radius 2 is 2.00 bits per heavy atom. The normalized spacial score (nSPS) is 18.8. The molecule has 1 aliphatic heterocycles. The van der Waals surface area contributed by atoms with E-state index in [1.54, 1.807) is 0 Å². The average Bonchev–Trinajstić information content (AvgIpc) is 2.90. The molecule has 0 radical (unpaired) electrons. The molecule has 4 nitrogen and oxygen atoms in total. The van der Waals surface area contributed by atoms with E-state index in [9.17, 15) is 0 Å². The third kappa shape index (κ3) is 2.51. The van der Waals surface area contributed by atoms with Crippen molar-refractivity contribution >= 4 is 0 Å². The highest BCUT2D eigenvalue weighted by Gasteiger charge is 2.31. The van der Waals surface area contributed by atoms with Crippen LogP contribution in [0.15, 0.2) is 40.8 Å². The Balaban J connectivity index is 1.83. The summed E-state index contributed by atoms with van der Waals surface area (Å²) in [6, 6.07) is 11.7. The van der Waals surface area contributed by atoms with Crippen LogP contribution in [-0.2, 0) is 0 Å². The molecule has 0 amide bonds. The van der Waals surface area contributed by atoms with Gasteiger partial charge in [-0.25, -0.2) is 0 Å². The molecule has 2 unspecified atom stereocenters. The van der Waals surface area contributed by atoms with Crippen molar-refractivity contribution in [3.8, 4) is 11.5 Å². The van der Waals surface area contributed by atoms with Gasteiger partial charge in [-0.3, -0.25) is 0 Å². The fourth-order valence-corrected chi connectivity index (χ4v) is 2.46. The molecular formula is C16H19NO3. The van der Waals surface area contributed by atoms with Gasteiger partial charge in [-0.1, -0.05) is 19.1 Å². The number of fused-ring (bicyclic) bond motifs is 1. The maximum Gasteiger partial charge on any atom is 0.161 e. The minimum Gasteiger partial charge on any atom is -0.486 e. The van der Waals surface area contributed by atoms with Gasteiger partial charge in [-0.2, -0.15) is 0 Å². The number of aryl methyl sites for hydroxylation is 1. The van der Waals surface area contributed by atoms with E-state index < -0.39 is 0 Å². The van der Waals surface area contributed by atoms with E-state index in [0.717, 1.165) is 29.6 Å². The molecule has 0 fully saturated rings. The van der Waals surface area contributed by atoms with E-state index in [0.29, 0.717) is 6.61 Å². The quantitative estimate of drug-likeness (QED) is 0.929. The topological polar surface area (TPSA) is 43.6 Å². The third-order valence-corrected chi connectivity index (χ3v) is 3.39. The first-order valence-corrected chi connectivity index (χ1v) is 6.96. The van der Waals surface area contributed by atoms with Gasteiger partial charge in [0.1, 0.15) is 24.2 Å². The fourth-order valence-electron chi connectivity index (χ4n) is 2.46. The van der Waals surface area contributed by atoms with Gasteiger partial charge in [0.05, 0.1) is 0 Å². The highest BCUT2D eigenvalue weighted by molar-refractivity contribution is 5.41. The number of rotatable bonds is 4. The van der Waals surface area contributed by atoms with Gasteiger partial charge in [0, 0.05) is 0 Å². The number of ether oxygens (including phenoxy) is 2. The summed E-state index contributed by atoms with van der Waals surface area (Å²) in [7, 11) is 0. The maximum atomic E-state index is 6.06. The number of hydrogen-bond acceptors (Lipinski definition) is 4. The monoisotopic (exact) mass is 273 g/mol. The molecule has 0 saturated heterocycles. The lowest BCUT2D eigenvalue weighted by molar-refractivity contribution is 0.0557. The molecule has 20 heavy (non-hydrogen) atoms. The predicted octanol–water partition coefficient (Wildman–Crippen LogP) is 3.08. The molecule has 1 aromatic carbocycles. The standard InChI is InChI=1S/C16H19NO3/c1-3-17-16(14-9-8-11(2)19-14)15-10-18-12-6-4-5-7-13(12)20-15/h4-9,15-17H,3,10H2,1-2H3. The zero-order valence-electron chi connectivity index (χ0n) is 11.8. The smallest absolute Gasteiger partial charge is 0.161 e. The summed E-state index contributed by atoms with van der Waals surface area (Å²) in [4.78, 5) is 0. The van der Waals surface area contributed by atoms with Crippen LogP contribution >= 0.6 is 0 Å². The molecule has 2 heterocycles. The first kappa shape index (κ1) is 13.1. The Labute approximate surface area is 118 Å². The molecule has 2 atom stereocenters. The lowest BCUT2D eigenvalue weighted by Gasteiger charge is -2.31. The number of hydrogen-bond donors (Lipinski definition) is 1. The zero-order chi connectivity index (χ0) is 13.9. The first-order chi connectivity index (χ1) is 9.78. The van der Waals surface area contributed by atoms with Crippen LogP contribution in [0.5, 0.6) is 11.5 Å². The number of para-hydroxylation sites is 2. The summed E-state index contributed by atoms with van der Waals surface area (Å²) in [5.41, 5.74) is 0. The van der Waals surface area contributed by atoms with Crippen molar-refractivity contribution in [3.63, 3.8) is 0 Å². The Morgan fingerprint density at radius 1 is 1.20 bits per heavy atom. The largest absolute Gasteiger partial charge is 0.486 e. The van der Waals surface area contributed by atoms with Crippen LogP contribution in [0.25, 0.3) is 0 Å². The van der Waals surface area contributed by atoms with Crippen LogP contribution in [0.1, 0.15) is 24.5 Å². The van der Waals surface area contributed by atoms with Gasteiger partial charge in [0.15, 0.2) is 17.6 Å². The maximum absolute atomic E-state index is 6.06. The van der Waals surface area contributed by atoms with Gasteiger partial charge in [-0.15, -0.1) is 0 Å². The molecule has 4 heteroatoms. The van der Waals surface area contributed by atoms with Gasteiger partial charge >= 0.3 is 0 Å². The van der Waals surface area contributed by atoms with E-state index in [-0.39, 0.29) is 12.1 Å². The molecule has 1 N–H and O–H groups in total. The molecule has 0 saturated carbocycles. The van der Waals surface area contributed by atoms with Crippen LogP contribution in [0.2, 0.25) is 0 Å². The van der Waals surface area contributed by atoms with Gasteiger partial charge in [0.25, 0.3) is 0 Å². The van der Waals surface area contributed by atoms with E-state index >= 15 is 0 Å². The van der Waals surface area contributed by atoms with Crippen molar-refractivity contribution in [2.24, 2.45) is 0 Å². The summed E-state index contributed by atoms with van der Waals surface area (Å²) in [6.45, 7) is 5.36. The lowest BCUT2D eigenvalue weighted by Crippen LogP contribution is -2.41. The van der Waals surface area contributed by atoms with Gasteiger partial charge in [-0.05, 0) is 37.7 Å². The molecule has 0 bridgehead atoms. The average molecular weight is 273 g/mol. The number of benzene rings is 1. The second-order valence-corrected chi connectivity index (χ2v) is 4.90. The first-order valence-electron chi connectivity index (χ1n) is 6.96. The van der Waals surface area contributed by atoms with Crippen molar-refractivity contribution in [3.05, 3.63) is 47.9 Å². The van der Waals surface area contributed by atoms with E-state index in [4.69, 9.17) is 13.9 Å². The summed E-state index contributed by atoms with van der Waals surface area (Å²) >= 11 is 0. The molecule has 3 rings (SSSR count). The molecule has 106 valence electrons. The van der Waals surface area contributed by atoms with Gasteiger partial charge < -0.3 is 19.2 Å². The van der Waals surface area contributed by atoms with Crippen molar-refractivity contribution in [1.29, 1.82) is 0 Å². The Kier molecular flexibility index (Phi) is 3.65.